The summed E-state index contributed by atoms with van der Waals surface area (Å²) >= 11 is 0. The maximum absolute atomic E-state index is 10.2. The second kappa shape index (κ2) is 33.2. The van der Waals surface area contributed by atoms with E-state index in [-0.39, 0.29) is 6.10 Å². The minimum absolute atomic E-state index is 0.0604. The average molecular weight is 517 g/mol. The minimum Gasteiger partial charge on any atom is -0.393 e. The van der Waals surface area contributed by atoms with Gasteiger partial charge in [-0.3, -0.25) is 0 Å². The van der Waals surface area contributed by atoms with Crippen LogP contribution in [0.1, 0.15) is 187 Å². The molecule has 0 aliphatic rings. The first-order chi connectivity index (χ1) is 18.3. The van der Waals surface area contributed by atoms with Gasteiger partial charge in [0.2, 0.25) is 0 Å². The van der Waals surface area contributed by atoms with Crippen molar-refractivity contribution in [2.24, 2.45) is 0 Å². The van der Waals surface area contributed by atoms with Gasteiger partial charge in [-0.15, -0.1) is 0 Å². The van der Waals surface area contributed by atoms with Crippen molar-refractivity contribution in [1.29, 1.82) is 0 Å². The van der Waals surface area contributed by atoms with E-state index in [0.29, 0.717) is 0 Å². The maximum Gasteiger partial charge on any atom is 0.0540 e. The summed E-state index contributed by atoms with van der Waals surface area (Å²) in [6.45, 7) is 4.55. The predicted octanol–water partition coefficient (Wildman–Crippen LogP) is 12.6. The third-order valence-electron chi connectivity index (χ3n) is 7.54. The van der Waals surface area contributed by atoms with E-state index in [9.17, 15) is 5.11 Å². The zero-order valence-electron chi connectivity index (χ0n) is 25.6. The normalized spacial score (nSPS) is 13.1. The molecule has 0 aromatic rings. The molecule has 0 saturated carbocycles. The third kappa shape index (κ3) is 33.2. The molecule has 1 nitrogen and oxygen atoms in total. The molecule has 37 heavy (non-hydrogen) atoms. The molecule has 0 radical (unpaired) electrons. The summed E-state index contributed by atoms with van der Waals surface area (Å²) in [7, 11) is 0. The van der Waals surface area contributed by atoms with Crippen LogP contribution >= 0.6 is 0 Å². The SMILES string of the molecule is CCCCC/C=C\C/C=C\CCCCCCCC(O)CCCCCCCC/C=C\CCCCCCCC. The number of allylic oxidation sites excluding steroid dienone is 6. The molecule has 0 spiro atoms. The molecule has 1 heteroatoms. The highest BCUT2D eigenvalue weighted by Crippen LogP contribution is 2.15. The van der Waals surface area contributed by atoms with E-state index >= 15 is 0 Å². The van der Waals surface area contributed by atoms with Gasteiger partial charge in [-0.25, -0.2) is 0 Å². The summed E-state index contributed by atoms with van der Waals surface area (Å²) in [4.78, 5) is 0. The average Bonchev–Trinajstić information content (AvgIpc) is 2.90. The van der Waals surface area contributed by atoms with E-state index < -0.39 is 0 Å². The highest BCUT2D eigenvalue weighted by Gasteiger charge is 2.03. The molecule has 1 N–H and O–H groups in total. The Bertz CT molecular complexity index is 489. The lowest BCUT2D eigenvalue weighted by Crippen LogP contribution is -2.05. The van der Waals surface area contributed by atoms with Crippen molar-refractivity contribution in [3.8, 4) is 0 Å². The van der Waals surface area contributed by atoms with Crippen LogP contribution < -0.4 is 0 Å². The van der Waals surface area contributed by atoms with Crippen LogP contribution in [0, 0.1) is 0 Å². The van der Waals surface area contributed by atoms with Crippen LogP contribution in [-0.2, 0) is 0 Å². The topological polar surface area (TPSA) is 20.2 Å². The largest absolute Gasteiger partial charge is 0.393 e. The highest BCUT2D eigenvalue weighted by atomic mass is 16.3. The van der Waals surface area contributed by atoms with Gasteiger partial charge in [0.1, 0.15) is 0 Å². The van der Waals surface area contributed by atoms with Crippen molar-refractivity contribution >= 4 is 0 Å². The van der Waals surface area contributed by atoms with Crippen molar-refractivity contribution < 1.29 is 5.11 Å². The zero-order valence-corrected chi connectivity index (χ0v) is 25.6. The summed E-state index contributed by atoms with van der Waals surface area (Å²) in [5.74, 6) is 0. The molecule has 0 rings (SSSR count). The molecule has 0 aromatic carbocycles. The molecular weight excluding hydrogens is 448 g/mol. The summed E-state index contributed by atoms with van der Waals surface area (Å²) in [6.07, 6.45) is 49.0. The Hall–Kier alpha value is -0.820. The van der Waals surface area contributed by atoms with E-state index in [2.05, 4.69) is 50.3 Å². The van der Waals surface area contributed by atoms with Gasteiger partial charge >= 0.3 is 0 Å². The molecule has 1 unspecified atom stereocenters. The molecule has 0 amide bonds. The van der Waals surface area contributed by atoms with Gasteiger partial charge in [-0.05, 0) is 70.6 Å². The minimum atomic E-state index is -0.0604. The van der Waals surface area contributed by atoms with Crippen LogP contribution in [0.25, 0.3) is 0 Å². The monoisotopic (exact) mass is 517 g/mol. The maximum atomic E-state index is 10.2. The Morgan fingerprint density at radius 1 is 0.378 bits per heavy atom. The van der Waals surface area contributed by atoms with Crippen molar-refractivity contribution in [2.75, 3.05) is 0 Å². The summed E-state index contributed by atoms with van der Waals surface area (Å²) in [5.41, 5.74) is 0. The molecular formula is C36H68O. The number of unbranched alkanes of at least 4 members (excludes halogenated alkanes) is 20. The van der Waals surface area contributed by atoms with E-state index in [1.54, 1.807) is 0 Å². The number of aliphatic hydroxyl groups is 1. The van der Waals surface area contributed by atoms with Crippen molar-refractivity contribution in [3.05, 3.63) is 36.5 Å². The first-order valence-corrected chi connectivity index (χ1v) is 16.9. The summed E-state index contributed by atoms with van der Waals surface area (Å²) in [6, 6.07) is 0. The molecule has 0 heterocycles. The van der Waals surface area contributed by atoms with Gasteiger partial charge in [0.25, 0.3) is 0 Å². The lowest BCUT2D eigenvalue weighted by atomic mass is 10.0. The first kappa shape index (κ1) is 36.2. The van der Waals surface area contributed by atoms with Crippen molar-refractivity contribution in [2.45, 2.75) is 193 Å². The van der Waals surface area contributed by atoms with Gasteiger partial charge in [0.15, 0.2) is 0 Å². The predicted molar refractivity (Wildman–Crippen MR) is 169 cm³/mol. The molecule has 0 aliphatic heterocycles. The Morgan fingerprint density at radius 3 is 1.11 bits per heavy atom. The van der Waals surface area contributed by atoms with Crippen molar-refractivity contribution in [1.82, 2.24) is 0 Å². The Labute approximate surface area is 234 Å². The van der Waals surface area contributed by atoms with Crippen LogP contribution in [0.15, 0.2) is 36.5 Å². The smallest absolute Gasteiger partial charge is 0.0540 e. The zero-order chi connectivity index (χ0) is 26.9. The van der Waals surface area contributed by atoms with Crippen LogP contribution in [0.2, 0.25) is 0 Å². The molecule has 0 saturated heterocycles. The molecule has 218 valence electrons. The Morgan fingerprint density at radius 2 is 0.676 bits per heavy atom. The fourth-order valence-corrected chi connectivity index (χ4v) is 4.96. The lowest BCUT2D eigenvalue weighted by molar-refractivity contribution is 0.147. The van der Waals surface area contributed by atoms with Crippen LogP contribution in [0.5, 0.6) is 0 Å². The third-order valence-corrected chi connectivity index (χ3v) is 7.54. The fourth-order valence-electron chi connectivity index (χ4n) is 4.96. The van der Waals surface area contributed by atoms with E-state index in [1.165, 1.54) is 154 Å². The first-order valence-electron chi connectivity index (χ1n) is 16.9. The Kier molecular flexibility index (Phi) is 32.5. The standard InChI is InChI=1S/C36H68O/c1-3-5-7-9-11-13-15-17-19-21-23-25-27-29-31-33-35-36(37)34-32-30-28-26-24-22-20-18-16-14-12-10-8-6-4-2/h12,14,17-20,36-37H,3-11,13,15-16,21-35H2,1-2H3/b14-12-,19-17-,20-18-. The second-order valence-corrected chi connectivity index (χ2v) is 11.4. The molecule has 0 fully saturated rings. The van der Waals surface area contributed by atoms with Gasteiger partial charge in [-0.2, -0.15) is 0 Å². The number of hydrogen-bond acceptors (Lipinski definition) is 1. The van der Waals surface area contributed by atoms with E-state index in [0.717, 1.165) is 19.3 Å². The van der Waals surface area contributed by atoms with E-state index in [4.69, 9.17) is 0 Å². The van der Waals surface area contributed by atoms with Gasteiger partial charge in [0, 0.05) is 0 Å². The number of hydrogen-bond donors (Lipinski definition) is 1. The number of rotatable bonds is 30. The molecule has 1 atom stereocenters. The van der Waals surface area contributed by atoms with Crippen LogP contribution in [0.3, 0.4) is 0 Å². The number of aliphatic hydroxyl groups excluding tert-OH is 1. The second-order valence-electron chi connectivity index (χ2n) is 11.4. The van der Waals surface area contributed by atoms with Crippen LogP contribution in [0.4, 0.5) is 0 Å². The van der Waals surface area contributed by atoms with Crippen molar-refractivity contribution in [3.63, 3.8) is 0 Å². The fraction of sp³-hybridized carbons (Fsp3) is 0.833. The molecule has 0 aromatic heterocycles. The Balaban J connectivity index is 3.26. The van der Waals surface area contributed by atoms with Gasteiger partial charge < -0.3 is 5.11 Å². The summed E-state index contributed by atoms with van der Waals surface area (Å²) in [5, 5.41) is 10.2. The van der Waals surface area contributed by atoms with Gasteiger partial charge in [0.05, 0.1) is 6.10 Å². The van der Waals surface area contributed by atoms with Gasteiger partial charge in [-0.1, -0.05) is 153 Å². The lowest BCUT2D eigenvalue weighted by Gasteiger charge is -2.10. The van der Waals surface area contributed by atoms with E-state index in [1.807, 2.05) is 0 Å². The molecule has 0 bridgehead atoms. The summed E-state index contributed by atoms with van der Waals surface area (Å²) < 4.78 is 0. The molecule has 0 aliphatic carbocycles. The highest BCUT2D eigenvalue weighted by molar-refractivity contribution is 4.92. The quantitative estimate of drug-likeness (QED) is 0.0743. The van der Waals surface area contributed by atoms with Crippen LogP contribution in [-0.4, -0.2) is 11.2 Å².